The number of nitrogens with zero attached hydrogens (tertiary/aromatic N) is 2. The summed E-state index contributed by atoms with van der Waals surface area (Å²) in [5.41, 5.74) is 1.43. The Bertz CT molecular complexity index is 1250. The molecule has 8 nitrogen and oxygen atoms in total. The van der Waals surface area contributed by atoms with E-state index in [1.807, 2.05) is 10.6 Å². The highest BCUT2D eigenvalue weighted by Crippen LogP contribution is 2.78. The molecule has 3 heterocycles. The van der Waals surface area contributed by atoms with Crippen LogP contribution < -0.4 is 5.32 Å². The zero-order chi connectivity index (χ0) is 22.3. The number of aromatic carboxylic acids is 1. The Morgan fingerprint density at radius 3 is 2.75 bits per heavy atom. The zero-order valence-corrected chi connectivity index (χ0v) is 18.1. The average Bonchev–Trinajstić information content (AvgIpc) is 3.53. The molecule has 2 aliphatic carbocycles. The van der Waals surface area contributed by atoms with Gasteiger partial charge in [0.25, 0.3) is 0 Å². The highest BCUT2D eigenvalue weighted by molar-refractivity contribution is 6.02. The minimum absolute atomic E-state index is 0.0416. The lowest BCUT2D eigenvalue weighted by molar-refractivity contribution is -0.0592. The van der Waals surface area contributed by atoms with Crippen molar-refractivity contribution >= 4 is 28.6 Å². The molecule has 0 bridgehead atoms. The molecule has 0 radical (unpaired) electrons. The number of hydrogen-bond acceptors (Lipinski definition) is 6. The van der Waals surface area contributed by atoms with Crippen molar-refractivity contribution in [2.75, 3.05) is 6.61 Å². The number of carbonyl (C=O) groups is 1. The van der Waals surface area contributed by atoms with E-state index in [1.54, 1.807) is 12.0 Å². The Morgan fingerprint density at radius 2 is 2.12 bits per heavy atom. The second-order valence-corrected chi connectivity index (χ2v) is 10.2. The summed E-state index contributed by atoms with van der Waals surface area (Å²) in [6.07, 6.45) is 4.62. The Hall–Kier alpha value is -3.09. The molecule has 1 aromatic carbocycles. The lowest BCUT2D eigenvalue weighted by atomic mass is 9.83. The van der Waals surface area contributed by atoms with Gasteiger partial charge in [-0.1, -0.05) is 11.2 Å². The third kappa shape index (κ3) is 2.63. The van der Waals surface area contributed by atoms with E-state index in [-0.39, 0.29) is 22.6 Å². The first kappa shape index (κ1) is 19.6. The Morgan fingerprint density at radius 1 is 1.31 bits per heavy atom. The van der Waals surface area contributed by atoms with Crippen molar-refractivity contribution in [2.24, 2.45) is 10.6 Å². The maximum Gasteiger partial charge on any atom is 0.352 e. The van der Waals surface area contributed by atoms with Gasteiger partial charge >= 0.3 is 11.9 Å². The first-order valence-corrected chi connectivity index (χ1v) is 11.1. The highest BCUT2D eigenvalue weighted by Gasteiger charge is 2.79. The number of amidine groups is 1. The predicted octanol–water partition coefficient (Wildman–Crippen LogP) is 3.50. The quantitative estimate of drug-likeness (QED) is 0.713. The number of oxime groups is 1. The first-order valence-electron chi connectivity index (χ1n) is 11.1. The lowest BCUT2D eigenvalue weighted by Gasteiger charge is -2.35. The van der Waals surface area contributed by atoms with E-state index < -0.39 is 11.5 Å². The molecule has 6 rings (SSSR count). The Labute approximate surface area is 184 Å². The predicted molar refractivity (Wildman–Crippen MR) is 116 cm³/mol. The standard InChI is InChI=1S/C24H25N3O5/c1-22(2)11-15(5-8-31-22)14-3-4-17-16(9-14)10-18(20(29)30)27(17)24(13-23(24)6-7-23)21-25-19(12-28)32-26-21/h3-4,9-10,15H,5-8,11,13H2,1-2H3,(H,25,26)(H,29,30)/t15-,24+/m0/s1. The number of carboxylic acids is 1. The van der Waals surface area contributed by atoms with Gasteiger partial charge in [-0.3, -0.25) is 5.32 Å². The van der Waals surface area contributed by atoms with Crippen molar-refractivity contribution in [3.8, 4) is 0 Å². The van der Waals surface area contributed by atoms with Crippen molar-refractivity contribution < 1.29 is 24.3 Å². The molecule has 2 aliphatic heterocycles. The summed E-state index contributed by atoms with van der Waals surface area (Å²) >= 11 is 0. The minimum atomic E-state index is -0.984. The second kappa shape index (κ2) is 6.24. The number of aromatic nitrogens is 1. The van der Waals surface area contributed by atoms with Crippen LogP contribution in [0.4, 0.5) is 0 Å². The summed E-state index contributed by atoms with van der Waals surface area (Å²) in [7, 11) is 0. The Kier molecular flexibility index (Phi) is 3.82. The van der Waals surface area contributed by atoms with Gasteiger partial charge in [0.15, 0.2) is 11.8 Å². The van der Waals surface area contributed by atoms with Crippen LogP contribution in [0, 0.1) is 5.41 Å². The fourth-order valence-electron chi connectivity index (χ4n) is 5.98. The topological polar surface area (TPSA) is 102 Å². The normalized spacial score (nSPS) is 29.2. The third-order valence-electron chi connectivity index (χ3n) is 7.74. The SMILES string of the molecule is CC1(C)C[C@@H](c2ccc3c(c2)cc(C(=O)O)n3[C@@]2(C3=NOC(=C=O)N3)CC23CC3)CCO1. The number of hydrogen-bond donors (Lipinski definition) is 2. The number of rotatable bonds is 4. The molecule has 3 fully saturated rings. The van der Waals surface area contributed by atoms with Crippen LogP contribution >= 0.6 is 0 Å². The molecule has 1 aromatic heterocycles. The van der Waals surface area contributed by atoms with Gasteiger partial charge in [-0.15, -0.1) is 0 Å². The Balaban J connectivity index is 1.48. The molecule has 1 spiro atoms. The third-order valence-corrected chi connectivity index (χ3v) is 7.74. The second-order valence-electron chi connectivity index (χ2n) is 10.2. The average molecular weight is 435 g/mol. The van der Waals surface area contributed by atoms with E-state index in [0.717, 1.165) is 49.6 Å². The number of carbonyl (C=O) groups excluding carboxylic acids is 1. The van der Waals surface area contributed by atoms with Crippen molar-refractivity contribution in [3.63, 3.8) is 0 Å². The van der Waals surface area contributed by atoms with Crippen LogP contribution in [-0.2, 0) is 19.9 Å². The van der Waals surface area contributed by atoms with Crippen LogP contribution in [0.2, 0.25) is 0 Å². The molecule has 4 aliphatic rings. The van der Waals surface area contributed by atoms with E-state index in [1.165, 1.54) is 5.56 Å². The van der Waals surface area contributed by atoms with Gasteiger partial charge in [-0.2, -0.15) is 0 Å². The molecule has 2 saturated carbocycles. The molecular weight excluding hydrogens is 410 g/mol. The molecule has 2 N–H and O–H groups in total. The van der Waals surface area contributed by atoms with Gasteiger partial charge in [0.2, 0.25) is 0 Å². The van der Waals surface area contributed by atoms with Crippen LogP contribution in [0.3, 0.4) is 0 Å². The van der Waals surface area contributed by atoms with Gasteiger partial charge in [0.05, 0.1) is 5.60 Å². The maximum atomic E-state index is 12.3. The van der Waals surface area contributed by atoms with Crippen molar-refractivity contribution in [3.05, 3.63) is 41.4 Å². The van der Waals surface area contributed by atoms with Crippen LogP contribution in [0.15, 0.2) is 35.3 Å². The fourth-order valence-corrected chi connectivity index (χ4v) is 5.98. The molecule has 0 unspecified atom stereocenters. The van der Waals surface area contributed by atoms with E-state index in [9.17, 15) is 14.7 Å². The summed E-state index contributed by atoms with van der Waals surface area (Å²) in [6.45, 7) is 4.95. The van der Waals surface area contributed by atoms with Crippen LogP contribution in [0.25, 0.3) is 10.9 Å². The number of carboxylic acid groups (broad SMARTS) is 1. The monoisotopic (exact) mass is 435 g/mol. The van der Waals surface area contributed by atoms with Gasteiger partial charge in [-0.05, 0) is 75.6 Å². The van der Waals surface area contributed by atoms with Gasteiger partial charge in [0, 0.05) is 22.9 Å². The molecular formula is C24H25N3O5. The zero-order valence-electron chi connectivity index (χ0n) is 18.1. The van der Waals surface area contributed by atoms with Crippen molar-refractivity contribution in [1.29, 1.82) is 0 Å². The number of nitrogens with one attached hydrogen (secondary N) is 1. The largest absolute Gasteiger partial charge is 0.477 e. The first-order chi connectivity index (χ1) is 15.3. The molecule has 2 aromatic rings. The van der Waals surface area contributed by atoms with Gasteiger partial charge in [0.1, 0.15) is 11.2 Å². The maximum absolute atomic E-state index is 12.3. The fraction of sp³-hybridized carbons (Fsp3) is 0.500. The highest BCUT2D eigenvalue weighted by atomic mass is 16.7. The molecule has 2 atom stereocenters. The van der Waals surface area contributed by atoms with Gasteiger partial charge < -0.3 is 19.2 Å². The van der Waals surface area contributed by atoms with E-state index >= 15 is 0 Å². The van der Waals surface area contributed by atoms with Crippen LogP contribution in [0.1, 0.15) is 67.9 Å². The molecule has 0 amide bonds. The summed E-state index contributed by atoms with van der Waals surface area (Å²) in [4.78, 5) is 28.4. The number of benzene rings is 1. The summed E-state index contributed by atoms with van der Waals surface area (Å²) in [5, 5.41) is 18.0. The minimum Gasteiger partial charge on any atom is -0.477 e. The van der Waals surface area contributed by atoms with Crippen LogP contribution in [-0.4, -0.2) is 39.6 Å². The van der Waals surface area contributed by atoms with E-state index in [2.05, 4.69) is 36.5 Å². The smallest absolute Gasteiger partial charge is 0.352 e. The summed E-state index contributed by atoms with van der Waals surface area (Å²) in [6, 6.07) is 8.03. The van der Waals surface area contributed by atoms with Crippen molar-refractivity contribution in [1.82, 2.24) is 9.88 Å². The van der Waals surface area contributed by atoms with E-state index in [4.69, 9.17) is 9.57 Å². The summed E-state index contributed by atoms with van der Waals surface area (Å²) in [5.74, 6) is 1.49. The molecule has 1 saturated heterocycles. The number of ether oxygens (including phenoxy) is 1. The van der Waals surface area contributed by atoms with Crippen molar-refractivity contribution in [2.45, 2.75) is 63.0 Å². The molecule has 166 valence electrons. The molecule has 32 heavy (non-hydrogen) atoms. The van der Waals surface area contributed by atoms with Gasteiger partial charge in [-0.25, -0.2) is 9.59 Å². The molecule has 8 heteroatoms. The lowest BCUT2D eigenvalue weighted by Crippen LogP contribution is -2.39. The van der Waals surface area contributed by atoms with E-state index in [0.29, 0.717) is 11.8 Å². The summed E-state index contributed by atoms with van der Waals surface area (Å²) < 4.78 is 7.77. The number of fused-ring (bicyclic) bond motifs is 1. The van der Waals surface area contributed by atoms with Crippen LogP contribution in [0.5, 0.6) is 0 Å².